The lowest BCUT2D eigenvalue weighted by molar-refractivity contribution is -0.161. The molecule has 0 spiro atoms. The van der Waals surface area contributed by atoms with Gasteiger partial charge in [0.05, 0.1) is 17.2 Å². The van der Waals surface area contributed by atoms with Crippen molar-refractivity contribution in [1.82, 2.24) is 15.1 Å². The number of benzene rings is 2. The number of aliphatic hydroxyl groups excluding tert-OH is 2. The molecule has 2 aromatic carbocycles. The van der Waals surface area contributed by atoms with E-state index in [4.69, 9.17) is 5.73 Å². The number of phenols is 1. The molecule has 0 radical (unpaired) electrons. The number of fused-ring (bicyclic) bond motifs is 4. The van der Waals surface area contributed by atoms with Crippen LogP contribution in [0.25, 0.3) is 5.76 Å². The SMILES string of the molecule is CC1(C)S[C@@H]2[C@H](NC(=O)C(C(=O)O)c3ccccc3)C(=O)N2[C@H]1C(=O)O.CN(C)[C@@H]1C(=O)C(C(N)=O)=C(O)[C@@]2(O)C(=O)C3=C(O)c4c(O)cccc4[C@@](C)(O)[C@H]3C[C@@H]12. The van der Waals surface area contributed by atoms with Crippen molar-refractivity contribution in [1.29, 1.82) is 0 Å². The average molecular weight is 823 g/mol. The van der Waals surface area contributed by atoms with Crippen LogP contribution in [-0.4, -0.2) is 135 Å². The summed E-state index contributed by atoms with van der Waals surface area (Å²) in [6, 6.07) is 9.12. The van der Waals surface area contributed by atoms with E-state index in [1.165, 1.54) is 72.9 Å². The number of aromatic hydroxyl groups is 1. The fourth-order valence-corrected chi connectivity index (χ4v) is 10.6. The van der Waals surface area contributed by atoms with E-state index in [9.17, 15) is 69.3 Å². The number of carboxylic acid groups (broad SMARTS) is 2. The number of hydrogen-bond donors (Lipinski definition) is 9. The maximum absolute atomic E-state index is 13.7. The largest absolute Gasteiger partial charge is 0.508 e. The Bertz CT molecular complexity index is 2240. The van der Waals surface area contributed by atoms with Crippen LogP contribution in [0.3, 0.4) is 0 Å². The number of β-lactam (4-membered cyclic amide) rings is 1. The molecule has 18 nitrogen and oxygen atoms in total. The van der Waals surface area contributed by atoms with Gasteiger partial charge in [0, 0.05) is 22.2 Å². The number of amides is 3. The normalized spacial score (nSPS) is 31.2. The van der Waals surface area contributed by atoms with Gasteiger partial charge in [0.1, 0.15) is 40.3 Å². The van der Waals surface area contributed by atoms with Gasteiger partial charge in [-0.15, -0.1) is 11.8 Å². The maximum Gasteiger partial charge on any atom is 0.327 e. The molecule has 5 aliphatic rings. The van der Waals surface area contributed by atoms with Crippen LogP contribution >= 0.6 is 11.8 Å². The smallest absolute Gasteiger partial charge is 0.327 e. The summed E-state index contributed by atoms with van der Waals surface area (Å²) in [5.41, 5.74) is -0.239. The molecule has 2 aromatic rings. The Kier molecular flexibility index (Phi) is 10.3. The first kappa shape index (κ1) is 41.9. The van der Waals surface area contributed by atoms with Crippen LogP contribution in [-0.2, 0) is 39.2 Å². The van der Waals surface area contributed by atoms with Crippen molar-refractivity contribution >= 4 is 58.7 Å². The number of aliphatic carboxylic acids is 2. The molecule has 308 valence electrons. The first-order chi connectivity index (χ1) is 26.9. The standard InChI is InChI=1S/C22H24N2O8.C17H18N2O6S/c1-21(31)8-5-4-6-11(25)12(8)16(26)13-9(21)7-10-15(24(2)3)17(27)14(20(23)30)19(29)22(10,32)18(13)28;1-17(2)11(16(24)25)19-13(21)10(14(19)26-17)18-12(20)9(15(22)23)8-6-4-3-5-7-8/h4-6,9-10,15,25-26,29,31-32H,7H2,1-3H3,(H2,23,30);3-7,9-11,14H,1-2H3,(H,18,20)(H,22,23)(H,24,25)/t9-,10-,15-,21+,22-;9?,10-,11+,14-/m01/s1. The van der Waals surface area contributed by atoms with Gasteiger partial charge in [-0.25, -0.2) is 4.79 Å². The number of phenolic OH excluding ortho intramolecular Hbond substituents is 1. The molecular weight excluding hydrogens is 781 g/mol. The van der Waals surface area contributed by atoms with Crippen molar-refractivity contribution in [3.8, 4) is 5.75 Å². The van der Waals surface area contributed by atoms with Crippen molar-refractivity contribution in [3.05, 3.63) is 82.1 Å². The van der Waals surface area contributed by atoms with E-state index in [-0.39, 0.29) is 17.5 Å². The summed E-state index contributed by atoms with van der Waals surface area (Å²) >= 11 is 1.29. The second kappa shape index (κ2) is 14.3. The molecule has 3 amide bonds. The number of Topliss-reactive ketones (excluding diaryl/α,β-unsaturated/α-hetero) is 2. The van der Waals surface area contributed by atoms with Crippen molar-refractivity contribution in [3.63, 3.8) is 0 Å². The zero-order valence-corrected chi connectivity index (χ0v) is 32.6. The number of ketones is 2. The molecule has 2 saturated heterocycles. The lowest BCUT2D eigenvalue weighted by Crippen LogP contribution is -2.71. The number of rotatable bonds is 7. The van der Waals surface area contributed by atoms with E-state index in [2.05, 4.69) is 5.32 Å². The second-order valence-electron chi connectivity index (χ2n) is 15.7. The fraction of sp³-hybridized carbons (Fsp3) is 0.410. The quantitative estimate of drug-likeness (QED) is 0.102. The Hall–Kier alpha value is -5.76. The highest BCUT2D eigenvalue weighted by molar-refractivity contribution is 8.01. The molecule has 10 N–H and O–H groups in total. The van der Waals surface area contributed by atoms with E-state index >= 15 is 0 Å². The van der Waals surface area contributed by atoms with E-state index in [1.54, 1.807) is 32.0 Å². The first-order valence-corrected chi connectivity index (χ1v) is 18.8. The van der Waals surface area contributed by atoms with Crippen molar-refractivity contribution in [2.45, 2.75) is 72.6 Å². The van der Waals surface area contributed by atoms with E-state index in [0.29, 0.717) is 5.56 Å². The number of carbonyl (C=O) groups is 7. The highest BCUT2D eigenvalue weighted by Gasteiger charge is 2.67. The molecule has 58 heavy (non-hydrogen) atoms. The highest BCUT2D eigenvalue weighted by atomic mass is 32.2. The summed E-state index contributed by atoms with van der Waals surface area (Å²) < 4.78 is -0.711. The summed E-state index contributed by atoms with van der Waals surface area (Å²) in [6.07, 6.45) is -0.200. The predicted molar refractivity (Wildman–Crippen MR) is 203 cm³/mol. The Morgan fingerprint density at radius 2 is 1.57 bits per heavy atom. The zero-order chi connectivity index (χ0) is 43.1. The summed E-state index contributed by atoms with van der Waals surface area (Å²) in [5.74, 6) is -13.1. The predicted octanol–water partition coefficient (Wildman–Crippen LogP) is 0.116. The van der Waals surface area contributed by atoms with Crippen LogP contribution in [0.1, 0.15) is 49.8 Å². The summed E-state index contributed by atoms with van der Waals surface area (Å²) in [7, 11) is 3.01. The van der Waals surface area contributed by atoms with Crippen LogP contribution < -0.4 is 11.1 Å². The first-order valence-electron chi connectivity index (χ1n) is 17.9. The highest BCUT2D eigenvalue weighted by Crippen LogP contribution is 2.57. The maximum atomic E-state index is 13.7. The molecule has 0 bridgehead atoms. The number of thioether (sulfide) groups is 1. The van der Waals surface area contributed by atoms with E-state index in [0.717, 1.165) is 0 Å². The third kappa shape index (κ3) is 6.11. The summed E-state index contributed by atoms with van der Waals surface area (Å²) in [6.45, 7) is 4.86. The Morgan fingerprint density at radius 3 is 2.12 bits per heavy atom. The Morgan fingerprint density at radius 1 is 0.948 bits per heavy atom. The van der Waals surface area contributed by atoms with Crippen LogP contribution in [0.5, 0.6) is 5.75 Å². The van der Waals surface area contributed by atoms with Crippen molar-refractivity contribution in [2.75, 3.05) is 14.1 Å². The molecule has 0 aromatic heterocycles. The lowest BCUT2D eigenvalue weighted by Gasteiger charge is -2.53. The van der Waals surface area contributed by atoms with Gasteiger partial charge in [-0.1, -0.05) is 42.5 Å². The molecule has 7 rings (SSSR count). The molecule has 2 aliphatic heterocycles. The van der Waals surface area contributed by atoms with Gasteiger partial charge < -0.3 is 51.7 Å². The third-order valence-corrected chi connectivity index (χ3v) is 13.2. The average Bonchev–Trinajstić information content (AvgIpc) is 3.39. The van der Waals surface area contributed by atoms with Crippen molar-refractivity contribution < 1.29 is 69.3 Å². The van der Waals surface area contributed by atoms with Gasteiger partial charge >= 0.3 is 11.9 Å². The minimum atomic E-state index is -2.75. The van der Waals surface area contributed by atoms with Crippen LogP contribution in [0, 0.1) is 11.8 Å². The monoisotopic (exact) mass is 822 g/mol. The minimum Gasteiger partial charge on any atom is -0.508 e. The summed E-state index contributed by atoms with van der Waals surface area (Å²) in [4.78, 5) is 89.2. The number of primary amides is 1. The van der Waals surface area contributed by atoms with Gasteiger partial charge in [-0.2, -0.15) is 0 Å². The van der Waals surface area contributed by atoms with Gasteiger partial charge in [0.2, 0.25) is 17.6 Å². The van der Waals surface area contributed by atoms with Gasteiger partial charge in [0.15, 0.2) is 17.3 Å². The number of aliphatic hydroxyl groups is 4. The van der Waals surface area contributed by atoms with Crippen molar-refractivity contribution in [2.24, 2.45) is 17.6 Å². The molecule has 3 fully saturated rings. The van der Waals surface area contributed by atoms with E-state index in [1.807, 2.05) is 0 Å². The number of nitrogens with two attached hydrogens (primary N) is 1. The van der Waals surface area contributed by atoms with Crippen LogP contribution in [0.2, 0.25) is 0 Å². The van der Waals surface area contributed by atoms with Crippen LogP contribution in [0.15, 0.2) is 65.4 Å². The lowest BCUT2D eigenvalue weighted by atomic mass is 9.54. The molecule has 2 heterocycles. The number of likely N-dealkylation sites (N-methyl/N-ethyl adjacent to an activating group) is 1. The van der Waals surface area contributed by atoms with Gasteiger partial charge in [-0.05, 0) is 58.5 Å². The molecule has 1 saturated carbocycles. The number of hydrogen-bond acceptors (Lipinski definition) is 14. The molecule has 3 aliphatic carbocycles. The van der Waals surface area contributed by atoms with Crippen LogP contribution in [0.4, 0.5) is 0 Å². The number of nitrogens with zero attached hydrogens (tertiary/aromatic N) is 2. The molecule has 1 unspecified atom stereocenters. The Labute approximate surface area is 334 Å². The topological polar surface area (TPSA) is 306 Å². The fourth-order valence-electron chi connectivity index (χ4n) is 8.94. The number of nitrogens with one attached hydrogen (secondary N) is 1. The molecule has 9 atom stereocenters. The van der Waals surface area contributed by atoms with Gasteiger partial charge in [0.25, 0.3) is 5.91 Å². The molecule has 19 heteroatoms. The molecular formula is C39H42N4O14S. The second-order valence-corrected chi connectivity index (χ2v) is 17.5. The number of carbonyl (C=O) groups excluding carboxylic acids is 5. The minimum absolute atomic E-state index is 0.170. The van der Waals surface area contributed by atoms with Gasteiger partial charge in [-0.3, -0.25) is 33.7 Å². The summed E-state index contributed by atoms with van der Waals surface area (Å²) in [5, 5.41) is 75.7. The van der Waals surface area contributed by atoms with E-state index < -0.39 is 127 Å². The third-order valence-electron chi connectivity index (χ3n) is 11.6. The Balaban J connectivity index is 0.000000200. The zero-order valence-electron chi connectivity index (χ0n) is 31.7. The number of carboxylic acids is 2.